The Labute approximate surface area is 183 Å². The van der Waals surface area contributed by atoms with Crippen LogP contribution in [0.2, 0.25) is 0 Å². The van der Waals surface area contributed by atoms with Gasteiger partial charge in [0.2, 0.25) is 11.1 Å². The Morgan fingerprint density at radius 1 is 1.26 bits per heavy atom. The van der Waals surface area contributed by atoms with Gasteiger partial charge in [0.25, 0.3) is 0 Å². The van der Waals surface area contributed by atoms with Crippen LogP contribution in [0.25, 0.3) is 11.4 Å². The van der Waals surface area contributed by atoms with E-state index in [-0.39, 0.29) is 24.8 Å². The zero-order valence-corrected chi connectivity index (χ0v) is 17.8. The van der Waals surface area contributed by atoms with Crippen molar-refractivity contribution >= 4 is 29.3 Å². The van der Waals surface area contributed by atoms with E-state index in [4.69, 9.17) is 4.74 Å². The number of nitrogens with one attached hydrogen (secondary N) is 1. The highest BCUT2D eigenvalue weighted by Crippen LogP contribution is 2.34. The molecule has 160 valence electrons. The molecule has 2 N–H and O–H groups in total. The number of carbonyl (C=O) groups excluding carboxylic acids is 2. The van der Waals surface area contributed by atoms with E-state index in [9.17, 15) is 14.7 Å². The highest BCUT2D eigenvalue weighted by molar-refractivity contribution is 8.00. The molecule has 4 rings (SSSR count). The molecular formula is C22H22N4O4S. The summed E-state index contributed by atoms with van der Waals surface area (Å²) >= 11 is 1.24. The molecule has 31 heavy (non-hydrogen) atoms. The quantitative estimate of drug-likeness (QED) is 0.569. The van der Waals surface area contributed by atoms with Crippen LogP contribution in [0, 0.1) is 0 Å². The molecule has 1 atom stereocenters. The maximum atomic E-state index is 13.4. The number of H-pyrrole nitrogens is 1. The van der Waals surface area contributed by atoms with Crippen LogP contribution in [0.4, 0.5) is 5.69 Å². The minimum absolute atomic E-state index is 0.0943. The van der Waals surface area contributed by atoms with Crippen LogP contribution in [-0.2, 0) is 20.7 Å². The summed E-state index contributed by atoms with van der Waals surface area (Å²) in [6.45, 7) is 1.85. The van der Waals surface area contributed by atoms with Gasteiger partial charge in [0.1, 0.15) is 12.3 Å². The highest BCUT2D eigenvalue weighted by Gasteiger charge is 2.33. The summed E-state index contributed by atoms with van der Waals surface area (Å²) in [5.74, 6) is -0.113. The molecule has 1 aliphatic heterocycles. The third kappa shape index (κ3) is 4.56. The number of esters is 1. The molecule has 0 saturated heterocycles. The number of phenols is 1. The summed E-state index contributed by atoms with van der Waals surface area (Å²) < 4.78 is 5.07. The molecule has 8 nitrogen and oxygen atoms in total. The number of ether oxygens (including phenoxy) is 1. The standard InChI is InChI=1S/C22H22N4O4S/c1-2-30-19(28)13-26-16-9-5-3-7-14(16)11-12-18(21(26)29)31-22-23-20(24-25-22)15-8-4-6-10-17(15)27/h3-10,18,27H,2,11-13H2,1H3,(H,23,24,25). The van der Waals surface area contributed by atoms with E-state index in [0.717, 1.165) is 11.3 Å². The van der Waals surface area contributed by atoms with Gasteiger partial charge in [-0.1, -0.05) is 42.1 Å². The number of aromatic amines is 1. The van der Waals surface area contributed by atoms with Crippen molar-refractivity contribution in [3.63, 3.8) is 0 Å². The third-order valence-electron chi connectivity index (χ3n) is 4.96. The van der Waals surface area contributed by atoms with Crippen LogP contribution < -0.4 is 4.90 Å². The van der Waals surface area contributed by atoms with E-state index in [0.29, 0.717) is 29.4 Å². The number of carbonyl (C=O) groups is 2. The number of para-hydroxylation sites is 2. The first-order chi connectivity index (χ1) is 15.1. The summed E-state index contributed by atoms with van der Waals surface area (Å²) in [5.41, 5.74) is 2.27. The van der Waals surface area contributed by atoms with Gasteiger partial charge in [-0.05, 0) is 43.5 Å². The lowest BCUT2D eigenvalue weighted by atomic mass is 10.1. The van der Waals surface area contributed by atoms with Gasteiger partial charge in [0.15, 0.2) is 5.82 Å². The molecule has 1 amide bonds. The molecule has 0 bridgehead atoms. The number of nitrogens with zero attached hydrogens (tertiary/aromatic N) is 3. The number of aromatic hydroxyl groups is 1. The summed E-state index contributed by atoms with van der Waals surface area (Å²) in [6, 6.07) is 14.4. The summed E-state index contributed by atoms with van der Waals surface area (Å²) in [4.78, 5) is 31.5. The fourth-order valence-corrected chi connectivity index (χ4v) is 4.48. The van der Waals surface area contributed by atoms with Crippen molar-refractivity contribution in [2.24, 2.45) is 0 Å². The Morgan fingerprint density at radius 3 is 2.84 bits per heavy atom. The number of hydrogen-bond acceptors (Lipinski definition) is 7. The number of fused-ring (bicyclic) bond motifs is 1. The second kappa shape index (κ2) is 9.22. The normalized spacial score (nSPS) is 16.0. The number of amides is 1. The monoisotopic (exact) mass is 438 g/mol. The van der Waals surface area contributed by atoms with E-state index >= 15 is 0 Å². The van der Waals surface area contributed by atoms with Crippen molar-refractivity contribution in [1.29, 1.82) is 0 Å². The number of rotatable bonds is 6. The summed E-state index contributed by atoms with van der Waals surface area (Å²) in [7, 11) is 0. The minimum Gasteiger partial charge on any atom is -0.507 e. The SMILES string of the molecule is CCOC(=O)CN1C(=O)C(Sc2n[nH]c(-c3ccccc3O)n2)CCc2ccccc21. The fourth-order valence-electron chi connectivity index (χ4n) is 3.52. The van der Waals surface area contributed by atoms with Crippen molar-refractivity contribution in [2.75, 3.05) is 18.1 Å². The topological polar surface area (TPSA) is 108 Å². The van der Waals surface area contributed by atoms with Crippen LogP contribution in [0.15, 0.2) is 53.7 Å². The second-order valence-electron chi connectivity index (χ2n) is 6.99. The first kappa shape index (κ1) is 20.9. The Morgan fingerprint density at radius 2 is 2.03 bits per heavy atom. The molecule has 2 heterocycles. The van der Waals surface area contributed by atoms with Crippen molar-refractivity contribution in [2.45, 2.75) is 30.2 Å². The predicted octanol–water partition coefficient (Wildman–Crippen LogP) is 3.18. The average molecular weight is 439 g/mol. The van der Waals surface area contributed by atoms with E-state index in [1.807, 2.05) is 24.3 Å². The van der Waals surface area contributed by atoms with Gasteiger partial charge in [-0.15, -0.1) is 5.10 Å². The largest absolute Gasteiger partial charge is 0.507 e. The molecule has 2 aromatic carbocycles. The molecule has 1 aliphatic rings. The van der Waals surface area contributed by atoms with Crippen LogP contribution in [0.1, 0.15) is 18.9 Å². The zero-order valence-electron chi connectivity index (χ0n) is 16.9. The van der Waals surface area contributed by atoms with Gasteiger partial charge in [-0.3, -0.25) is 19.6 Å². The molecule has 1 aromatic heterocycles. The lowest BCUT2D eigenvalue weighted by Gasteiger charge is -2.24. The minimum atomic E-state index is -0.463. The maximum Gasteiger partial charge on any atom is 0.326 e. The van der Waals surface area contributed by atoms with Gasteiger partial charge < -0.3 is 9.84 Å². The molecule has 0 radical (unpaired) electrons. The Bertz CT molecular complexity index is 1100. The number of anilines is 1. The van der Waals surface area contributed by atoms with Gasteiger partial charge in [0.05, 0.1) is 17.4 Å². The number of aromatic nitrogens is 3. The zero-order chi connectivity index (χ0) is 21.8. The van der Waals surface area contributed by atoms with Crippen LogP contribution >= 0.6 is 11.8 Å². The first-order valence-electron chi connectivity index (χ1n) is 9.99. The van der Waals surface area contributed by atoms with Crippen molar-refractivity contribution in [3.8, 4) is 17.1 Å². The van der Waals surface area contributed by atoms with Crippen molar-refractivity contribution in [1.82, 2.24) is 15.2 Å². The first-order valence-corrected chi connectivity index (χ1v) is 10.9. The molecule has 0 fully saturated rings. The number of phenolic OH excluding ortho intramolecular Hbond substituents is 1. The van der Waals surface area contributed by atoms with Crippen LogP contribution in [0.3, 0.4) is 0 Å². The fraction of sp³-hybridized carbons (Fsp3) is 0.273. The lowest BCUT2D eigenvalue weighted by Crippen LogP contribution is -2.41. The van der Waals surface area contributed by atoms with E-state index in [1.54, 1.807) is 31.2 Å². The lowest BCUT2D eigenvalue weighted by molar-refractivity contribution is -0.142. The van der Waals surface area contributed by atoms with Crippen molar-refractivity contribution in [3.05, 3.63) is 54.1 Å². The van der Waals surface area contributed by atoms with Crippen LogP contribution in [-0.4, -0.2) is 50.6 Å². The molecular weight excluding hydrogens is 416 g/mol. The summed E-state index contributed by atoms with van der Waals surface area (Å²) in [6.07, 6.45) is 1.27. The number of aryl methyl sites for hydroxylation is 1. The Kier molecular flexibility index (Phi) is 6.22. The molecule has 3 aromatic rings. The van der Waals surface area contributed by atoms with Gasteiger partial charge in [-0.25, -0.2) is 4.98 Å². The smallest absolute Gasteiger partial charge is 0.326 e. The van der Waals surface area contributed by atoms with E-state index in [1.165, 1.54) is 16.7 Å². The van der Waals surface area contributed by atoms with Gasteiger partial charge in [-0.2, -0.15) is 0 Å². The van der Waals surface area contributed by atoms with Gasteiger partial charge >= 0.3 is 5.97 Å². The van der Waals surface area contributed by atoms with Crippen molar-refractivity contribution < 1.29 is 19.4 Å². The molecule has 9 heteroatoms. The number of hydrogen-bond donors (Lipinski definition) is 2. The maximum absolute atomic E-state index is 13.4. The Balaban J connectivity index is 1.57. The van der Waals surface area contributed by atoms with E-state index < -0.39 is 11.2 Å². The third-order valence-corrected chi connectivity index (χ3v) is 6.08. The molecule has 1 unspecified atom stereocenters. The average Bonchev–Trinajstić information content (AvgIpc) is 3.19. The number of thioether (sulfide) groups is 1. The van der Waals surface area contributed by atoms with Gasteiger partial charge in [0, 0.05) is 5.69 Å². The highest BCUT2D eigenvalue weighted by atomic mass is 32.2. The molecule has 0 aliphatic carbocycles. The predicted molar refractivity (Wildman–Crippen MR) is 117 cm³/mol. The van der Waals surface area contributed by atoms with E-state index in [2.05, 4.69) is 15.2 Å². The second-order valence-corrected chi connectivity index (χ2v) is 8.16. The van der Waals surface area contributed by atoms with Crippen LogP contribution in [0.5, 0.6) is 5.75 Å². The Hall–Kier alpha value is -3.33. The molecule has 0 spiro atoms. The molecule has 0 saturated carbocycles. The summed E-state index contributed by atoms with van der Waals surface area (Å²) in [5, 5.41) is 17.0. The number of benzene rings is 2.